The second-order valence-corrected chi connectivity index (χ2v) is 8.30. The number of carbonyl (C=O) groups excluding carboxylic acids is 1. The van der Waals surface area contributed by atoms with Crippen LogP contribution in [0, 0.1) is 5.92 Å². The summed E-state index contributed by atoms with van der Waals surface area (Å²) in [4.78, 5) is 22.9. The van der Waals surface area contributed by atoms with E-state index in [0.29, 0.717) is 18.8 Å². The Balaban J connectivity index is 1.59. The number of benzene rings is 1. The average molecular weight is 385 g/mol. The molecule has 2 aliphatic rings. The van der Waals surface area contributed by atoms with Crippen molar-refractivity contribution in [3.8, 4) is 0 Å². The number of allylic oxidation sites excluding steroid dienone is 2. The number of aliphatic hydroxyl groups excluding tert-OH is 1. The van der Waals surface area contributed by atoms with Gasteiger partial charge >= 0.3 is 5.97 Å². The van der Waals surface area contributed by atoms with E-state index in [1.165, 1.54) is 12.8 Å². The molecule has 1 saturated carbocycles. The quantitative estimate of drug-likeness (QED) is 0.526. The van der Waals surface area contributed by atoms with Crippen LogP contribution in [0.1, 0.15) is 94.3 Å². The second-order valence-electron chi connectivity index (χ2n) is 8.30. The monoisotopic (exact) mass is 384 g/mol. The Morgan fingerprint density at radius 3 is 2.36 bits per heavy atom. The minimum Gasteiger partial charge on any atom is -0.481 e. The number of hydrogen-bond acceptors (Lipinski definition) is 3. The van der Waals surface area contributed by atoms with Crippen LogP contribution in [-0.2, 0) is 9.59 Å². The number of carbonyl (C=O) groups is 2. The maximum Gasteiger partial charge on any atom is 0.303 e. The summed E-state index contributed by atoms with van der Waals surface area (Å²) in [7, 11) is 0. The highest BCUT2D eigenvalue weighted by molar-refractivity contribution is 6.07. The molecule has 152 valence electrons. The molecule has 3 rings (SSSR count). The largest absolute Gasteiger partial charge is 0.481 e. The first-order valence-corrected chi connectivity index (χ1v) is 10.8. The molecule has 0 spiro atoms. The summed E-state index contributed by atoms with van der Waals surface area (Å²) in [5, 5.41) is 19.3. The first-order chi connectivity index (χ1) is 13.6. The van der Waals surface area contributed by atoms with Gasteiger partial charge in [-0.15, -0.1) is 0 Å². The lowest BCUT2D eigenvalue weighted by Crippen LogP contribution is -2.08. The molecule has 0 aliphatic heterocycles. The molecule has 0 heterocycles. The standard InChI is InChI=1S/C24H32O4/c25-22-16-15-20(21(22)9-3-1-2-4-10-23(26)27)17-11-13-19(14-12-17)24(28)18-7-5-6-8-18/h11-14,18,24,28H,1-10,15-16H2,(H,26,27). The first-order valence-electron chi connectivity index (χ1n) is 10.8. The smallest absolute Gasteiger partial charge is 0.303 e. The fourth-order valence-electron chi connectivity index (χ4n) is 4.68. The topological polar surface area (TPSA) is 74.6 Å². The van der Waals surface area contributed by atoms with Gasteiger partial charge in [-0.1, -0.05) is 49.9 Å². The molecule has 0 amide bonds. The summed E-state index contributed by atoms with van der Waals surface area (Å²) in [6.07, 6.45) is 10.2. The Hall–Kier alpha value is -1.94. The minimum absolute atomic E-state index is 0.228. The molecule has 0 saturated heterocycles. The van der Waals surface area contributed by atoms with Crippen LogP contribution in [0.2, 0.25) is 0 Å². The molecule has 4 heteroatoms. The molecule has 1 aromatic rings. The summed E-state index contributed by atoms with van der Waals surface area (Å²) in [6, 6.07) is 8.18. The lowest BCUT2D eigenvalue weighted by Gasteiger charge is -2.18. The molecular formula is C24H32O4. The molecule has 0 aromatic heterocycles. The van der Waals surface area contributed by atoms with Crippen LogP contribution in [0.3, 0.4) is 0 Å². The van der Waals surface area contributed by atoms with Crippen LogP contribution in [0.4, 0.5) is 0 Å². The van der Waals surface area contributed by atoms with E-state index in [2.05, 4.69) is 12.1 Å². The number of unbranched alkanes of at least 4 members (excludes halogenated alkanes) is 3. The van der Waals surface area contributed by atoms with E-state index in [0.717, 1.165) is 67.2 Å². The lowest BCUT2D eigenvalue weighted by molar-refractivity contribution is -0.137. The summed E-state index contributed by atoms with van der Waals surface area (Å²) in [6.45, 7) is 0. The van der Waals surface area contributed by atoms with Gasteiger partial charge < -0.3 is 10.2 Å². The van der Waals surface area contributed by atoms with Gasteiger partial charge in [0.2, 0.25) is 0 Å². The number of rotatable bonds is 10. The number of Topliss-reactive ketones (excluding diaryl/α,β-unsaturated/α-hetero) is 1. The summed E-state index contributed by atoms with van der Waals surface area (Å²) >= 11 is 0. The molecule has 1 unspecified atom stereocenters. The molecule has 0 radical (unpaired) electrons. The number of ketones is 1. The third kappa shape index (κ3) is 5.32. The third-order valence-electron chi connectivity index (χ3n) is 6.32. The Labute approximate surface area is 167 Å². The second kappa shape index (κ2) is 10.0. The van der Waals surface area contributed by atoms with Gasteiger partial charge in [0.05, 0.1) is 6.10 Å². The van der Waals surface area contributed by atoms with Crippen molar-refractivity contribution in [3.05, 3.63) is 41.0 Å². The zero-order valence-corrected chi connectivity index (χ0v) is 16.7. The van der Waals surface area contributed by atoms with Crippen LogP contribution >= 0.6 is 0 Å². The van der Waals surface area contributed by atoms with E-state index in [9.17, 15) is 14.7 Å². The zero-order valence-electron chi connectivity index (χ0n) is 16.7. The maximum atomic E-state index is 12.3. The van der Waals surface area contributed by atoms with Crippen molar-refractivity contribution in [1.29, 1.82) is 0 Å². The van der Waals surface area contributed by atoms with Gasteiger partial charge in [-0.3, -0.25) is 9.59 Å². The maximum absolute atomic E-state index is 12.3. The number of carboxylic acid groups (broad SMARTS) is 1. The average Bonchev–Trinajstić information content (AvgIpc) is 3.34. The lowest BCUT2D eigenvalue weighted by atomic mass is 9.92. The van der Waals surface area contributed by atoms with Crippen molar-refractivity contribution in [2.75, 3.05) is 0 Å². The SMILES string of the molecule is O=C(O)CCCCCCC1=C(c2ccc(C(O)C3CCCC3)cc2)CCC1=O. The Bertz CT molecular complexity index is 711. The molecular weight excluding hydrogens is 352 g/mol. The van der Waals surface area contributed by atoms with Crippen LogP contribution in [0.25, 0.3) is 5.57 Å². The Morgan fingerprint density at radius 2 is 1.68 bits per heavy atom. The molecule has 0 bridgehead atoms. The van der Waals surface area contributed by atoms with Crippen molar-refractivity contribution in [1.82, 2.24) is 0 Å². The van der Waals surface area contributed by atoms with E-state index in [1.54, 1.807) is 0 Å². The third-order valence-corrected chi connectivity index (χ3v) is 6.32. The van der Waals surface area contributed by atoms with Crippen molar-refractivity contribution >= 4 is 17.3 Å². The van der Waals surface area contributed by atoms with E-state index < -0.39 is 5.97 Å². The highest BCUT2D eigenvalue weighted by atomic mass is 16.4. The predicted octanol–water partition coefficient (Wildman–Crippen LogP) is 5.45. The molecule has 2 aliphatic carbocycles. The zero-order chi connectivity index (χ0) is 19.9. The van der Waals surface area contributed by atoms with Gasteiger partial charge in [-0.25, -0.2) is 0 Å². The summed E-state index contributed by atoms with van der Waals surface area (Å²) in [5.41, 5.74) is 4.22. The van der Waals surface area contributed by atoms with Crippen molar-refractivity contribution in [3.63, 3.8) is 0 Å². The van der Waals surface area contributed by atoms with Crippen LogP contribution in [0.15, 0.2) is 29.8 Å². The summed E-state index contributed by atoms with van der Waals surface area (Å²) in [5.74, 6) is -0.0946. The number of hydrogen-bond donors (Lipinski definition) is 2. The molecule has 2 N–H and O–H groups in total. The summed E-state index contributed by atoms with van der Waals surface area (Å²) < 4.78 is 0. The van der Waals surface area contributed by atoms with Crippen LogP contribution in [0.5, 0.6) is 0 Å². The van der Waals surface area contributed by atoms with Crippen molar-refractivity contribution in [2.24, 2.45) is 5.92 Å². The highest BCUT2D eigenvalue weighted by Gasteiger charge is 2.26. The fourth-order valence-corrected chi connectivity index (χ4v) is 4.68. The number of aliphatic carboxylic acids is 1. The normalized spacial score (nSPS) is 18.8. The Kier molecular flexibility index (Phi) is 7.43. The van der Waals surface area contributed by atoms with Gasteiger partial charge in [0.1, 0.15) is 0 Å². The van der Waals surface area contributed by atoms with Gasteiger partial charge in [-0.05, 0) is 66.7 Å². The van der Waals surface area contributed by atoms with E-state index in [4.69, 9.17) is 5.11 Å². The molecule has 1 aromatic carbocycles. The number of carboxylic acids is 1. The highest BCUT2D eigenvalue weighted by Crippen LogP contribution is 2.38. The fraction of sp³-hybridized carbons (Fsp3) is 0.583. The number of aliphatic hydroxyl groups is 1. The molecule has 28 heavy (non-hydrogen) atoms. The minimum atomic E-state index is -0.738. The molecule has 1 fully saturated rings. The first kappa shape index (κ1) is 20.8. The van der Waals surface area contributed by atoms with E-state index >= 15 is 0 Å². The van der Waals surface area contributed by atoms with Gasteiger partial charge in [0, 0.05) is 12.8 Å². The van der Waals surface area contributed by atoms with Crippen molar-refractivity contribution < 1.29 is 19.8 Å². The van der Waals surface area contributed by atoms with Gasteiger partial charge in [-0.2, -0.15) is 0 Å². The van der Waals surface area contributed by atoms with Crippen LogP contribution < -0.4 is 0 Å². The van der Waals surface area contributed by atoms with Crippen molar-refractivity contribution in [2.45, 2.75) is 83.2 Å². The molecule has 4 nitrogen and oxygen atoms in total. The van der Waals surface area contributed by atoms with Crippen LogP contribution in [-0.4, -0.2) is 22.0 Å². The molecule has 1 atom stereocenters. The van der Waals surface area contributed by atoms with E-state index in [1.807, 2.05) is 12.1 Å². The van der Waals surface area contributed by atoms with Gasteiger partial charge in [0.25, 0.3) is 0 Å². The Morgan fingerprint density at radius 1 is 1.00 bits per heavy atom. The van der Waals surface area contributed by atoms with Gasteiger partial charge in [0.15, 0.2) is 5.78 Å². The van der Waals surface area contributed by atoms with E-state index in [-0.39, 0.29) is 18.3 Å². The predicted molar refractivity (Wildman–Crippen MR) is 110 cm³/mol.